The minimum absolute atomic E-state index is 0.0459. The van der Waals surface area contributed by atoms with Gasteiger partial charge in [0.1, 0.15) is 12.4 Å². The van der Waals surface area contributed by atoms with Gasteiger partial charge in [0.25, 0.3) is 0 Å². The van der Waals surface area contributed by atoms with Gasteiger partial charge in [0.05, 0.1) is 12.0 Å². The van der Waals surface area contributed by atoms with Crippen LogP contribution in [0.25, 0.3) is 11.1 Å². The molecule has 0 aliphatic carbocycles. The molecule has 0 aromatic heterocycles. The second-order valence-corrected chi connectivity index (χ2v) is 11.4. The van der Waals surface area contributed by atoms with Crippen molar-refractivity contribution in [2.45, 2.75) is 37.6 Å². The molecule has 3 aromatic carbocycles. The number of hydrogen-bond donors (Lipinski definition) is 3. The first-order chi connectivity index (χ1) is 17.4. The summed E-state index contributed by atoms with van der Waals surface area (Å²) in [7, 11) is -2.36. The maximum absolute atomic E-state index is 13.0. The molecule has 8 nitrogen and oxygen atoms in total. The van der Waals surface area contributed by atoms with Gasteiger partial charge in [-0.3, -0.25) is 10.2 Å². The van der Waals surface area contributed by atoms with Crippen LogP contribution in [0.3, 0.4) is 0 Å². The van der Waals surface area contributed by atoms with Crippen LogP contribution in [0.1, 0.15) is 31.9 Å². The van der Waals surface area contributed by atoms with E-state index in [9.17, 15) is 13.2 Å². The predicted molar refractivity (Wildman–Crippen MR) is 147 cm³/mol. The van der Waals surface area contributed by atoms with Gasteiger partial charge in [-0.1, -0.05) is 54.6 Å². The predicted octanol–water partition coefficient (Wildman–Crippen LogP) is 3.94. The zero-order valence-corrected chi connectivity index (χ0v) is 22.4. The molecular weight excluding hydrogens is 488 g/mol. The normalized spacial score (nSPS) is 11.7. The molecule has 0 saturated carbocycles. The minimum atomic E-state index is -3.71. The number of rotatable bonds is 10. The molecule has 3 rings (SSSR count). The van der Waals surface area contributed by atoms with Crippen molar-refractivity contribution in [3.63, 3.8) is 0 Å². The van der Waals surface area contributed by atoms with Crippen LogP contribution in [0.5, 0.6) is 0 Å². The summed E-state index contributed by atoms with van der Waals surface area (Å²) in [6.07, 6.45) is 0.632. The fourth-order valence-electron chi connectivity index (χ4n) is 3.90. The van der Waals surface area contributed by atoms with Crippen molar-refractivity contribution in [2.24, 2.45) is 5.73 Å². The van der Waals surface area contributed by atoms with Crippen LogP contribution >= 0.6 is 0 Å². The second-order valence-electron chi connectivity index (χ2n) is 9.76. The van der Waals surface area contributed by atoms with Gasteiger partial charge in [0.2, 0.25) is 10.0 Å². The summed E-state index contributed by atoms with van der Waals surface area (Å²) in [5.74, 6) is -0.416. The highest BCUT2D eigenvalue weighted by Gasteiger charge is 2.24. The van der Waals surface area contributed by atoms with Crippen LogP contribution in [0.2, 0.25) is 0 Å². The third kappa shape index (κ3) is 7.65. The van der Waals surface area contributed by atoms with E-state index >= 15 is 0 Å². The lowest BCUT2D eigenvalue weighted by Gasteiger charge is -2.24. The highest BCUT2D eigenvalue weighted by atomic mass is 32.2. The molecule has 0 fully saturated rings. The molecule has 9 heteroatoms. The van der Waals surface area contributed by atoms with E-state index in [1.165, 1.54) is 7.11 Å². The van der Waals surface area contributed by atoms with Gasteiger partial charge in [-0.15, -0.1) is 0 Å². The SMILES string of the molecule is COC(=O)CN(CCc1ccc(-c2ccccc2S(=O)(=O)NC(C)(C)C)cc1)c1cccc(C(=N)N)c1. The van der Waals surface area contributed by atoms with E-state index in [0.717, 1.165) is 16.8 Å². The smallest absolute Gasteiger partial charge is 0.325 e. The fraction of sp³-hybridized carbons (Fsp3) is 0.286. The Labute approximate surface area is 219 Å². The summed E-state index contributed by atoms with van der Waals surface area (Å²) in [5.41, 5.74) is 8.81. The van der Waals surface area contributed by atoms with Gasteiger partial charge in [-0.05, 0) is 56.5 Å². The highest BCUT2D eigenvalue weighted by molar-refractivity contribution is 7.89. The van der Waals surface area contributed by atoms with Gasteiger partial charge >= 0.3 is 5.97 Å². The van der Waals surface area contributed by atoms with E-state index in [0.29, 0.717) is 24.1 Å². The van der Waals surface area contributed by atoms with Gasteiger partial charge in [0.15, 0.2) is 0 Å². The molecule has 0 saturated heterocycles. The molecule has 4 N–H and O–H groups in total. The molecule has 0 spiro atoms. The van der Waals surface area contributed by atoms with Gasteiger partial charge in [0, 0.05) is 28.9 Å². The Morgan fingerprint density at radius 2 is 1.70 bits per heavy atom. The third-order valence-electron chi connectivity index (χ3n) is 5.62. The average Bonchev–Trinajstić information content (AvgIpc) is 2.85. The number of nitrogens with zero attached hydrogens (tertiary/aromatic N) is 1. The molecule has 196 valence electrons. The number of nitrogens with one attached hydrogen (secondary N) is 2. The second kappa shape index (κ2) is 11.6. The molecular formula is C28H34N4O4S. The monoisotopic (exact) mass is 522 g/mol. The highest BCUT2D eigenvalue weighted by Crippen LogP contribution is 2.28. The zero-order chi connectivity index (χ0) is 27.2. The number of nitrogen functional groups attached to an aromatic ring is 1. The Morgan fingerprint density at radius 3 is 2.32 bits per heavy atom. The van der Waals surface area contributed by atoms with Crippen LogP contribution in [0, 0.1) is 5.41 Å². The van der Waals surface area contributed by atoms with Crippen LogP contribution < -0.4 is 15.4 Å². The molecule has 0 atom stereocenters. The first kappa shape index (κ1) is 27.9. The van der Waals surface area contributed by atoms with E-state index in [1.54, 1.807) is 36.4 Å². The number of anilines is 1. The van der Waals surface area contributed by atoms with Crippen LogP contribution in [-0.4, -0.2) is 46.0 Å². The molecule has 0 aliphatic heterocycles. The van der Waals surface area contributed by atoms with E-state index < -0.39 is 15.6 Å². The number of nitrogens with two attached hydrogens (primary N) is 1. The third-order valence-corrected chi connectivity index (χ3v) is 7.44. The fourth-order valence-corrected chi connectivity index (χ4v) is 5.55. The number of carbonyl (C=O) groups is 1. The van der Waals surface area contributed by atoms with Crippen molar-refractivity contribution in [1.29, 1.82) is 5.41 Å². The van der Waals surface area contributed by atoms with E-state index in [-0.39, 0.29) is 23.2 Å². The molecule has 0 heterocycles. The van der Waals surface area contributed by atoms with Crippen molar-refractivity contribution in [3.8, 4) is 11.1 Å². The summed E-state index contributed by atoms with van der Waals surface area (Å²) in [5, 5.41) is 7.70. The number of benzene rings is 3. The number of sulfonamides is 1. The molecule has 0 bridgehead atoms. The molecule has 0 aliphatic rings. The summed E-state index contributed by atoms with van der Waals surface area (Å²) < 4.78 is 33.6. The summed E-state index contributed by atoms with van der Waals surface area (Å²) in [6, 6.07) is 21.8. The zero-order valence-electron chi connectivity index (χ0n) is 21.6. The van der Waals surface area contributed by atoms with Crippen molar-refractivity contribution in [1.82, 2.24) is 4.72 Å². The van der Waals surface area contributed by atoms with Gasteiger partial charge < -0.3 is 15.4 Å². The van der Waals surface area contributed by atoms with Crippen LogP contribution in [0.15, 0.2) is 77.7 Å². The summed E-state index contributed by atoms with van der Waals surface area (Å²) >= 11 is 0. The summed E-state index contributed by atoms with van der Waals surface area (Å²) in [6.45, 7) is 6.00. The average molecular weight is 523 g/mol. The minimum Gasteiger partial charge on any atom is -0.468 e. The standard InChI is InChI=1S/C28H34N4O4S/c1-28(2,3)31-37(34,35)25-11-6-5-10-24(25)21-14-12-20(13-15-21)16-17-32(19-26(33)36-4)23-9-7-8-22(18-23)27(29)30/h5-15,18,31H,16-17,19H2,1-4H3,(H3,29,30). The van der Waals surface area contributed by atoms with E-state index in [1.807, 2.05) is 62.1 Å². The maximum Gasteiger partial charge on any atom is 0.325 e. The Morgan fingerprint density at radius 1 is 1.03 bits per heavy atom. The van der Waals surface area contributed by atoms with Crippen molar-refractivity contribution in [3.05, 3.63) is 83.9 Å². The van der Waals surface area contributed by atoms with Crippen LogP contribution in [0.4, 0.5) is 5.69 Å². The van der Waals surface area contributed by atoms with Crippen LogP contribution in [-0.2, 0) is 26.0 Å². The lowest BCUT2D eigenvalue weighted by molar-refractivity contribution is -0.138. The van der Waals surface area contributed by atoms with Gasteiger partial charge in [-0.2, -0.15) is 0 Å². The lowest BCUT2D eigenvalue weighted by Crippen LogP contribution is -2.40. The Bertz CT molecular complexity index is 1360. The Kier molecular flexibility index (Phi) is 8.73. The molecule has 37 heavy (non-hydrogen) atoms. The molecule has 0 unspecified atom stereocenters. The first-order valence-corrected chi connectivity index (χ1v) is 13.4. The van der Waals surface area contributed by atoms with E-state index in [2.05, 4.69) is 4.72 Å². The van der Waals surface area contributed by atoms with Gasteiger partial charge in [-0.25, -0.2) is 13.1 Å². The lowest BCUT2D eigenvalue weighted by atomic mass is 10.0. The number of ether oxygens (including phenoxy) is 1. The number of methoxy groups -OCH3 is 1. The van der Waals surface area contributed by atoms with Crippen molar-refractivity contribution < 1.29 is 17.9 Å². The summed E-state index contributed by atoms with van der Waals surface area (Å²) in [4.78, 5) is 14.2. The largest absolute Gasteiger partial charge is 0.468 e. The maximum atomic E-state index is 13.0. The van der Waals surface area contributed by atoms with Crippen molar-refractivity contribution in [2.75, 3.05) is 25.1 Å². The Hall–Kier alpha value is -3.69. The molecule has 0 radical (unpaired) electrons. The van der Waals surface area contributed by atoms with Crippen molar-refractivity contribution >= 4 is 27.5 Å². The topological polar surface area (TPSA) is 126 Å². The number of hydrogen-bond acceptors (Lipinski definition) is 6. The number of esters is 1. The quantitative estimate of drug-likeness (QED) is 0.210. The number of carbonyl (C=O) groups excluding carboxylic acids is 1. The number of amidine groups is 1. The van der Waals surface area contributed by atoms with E-state index in [4.69, 9.17) is 15.9 Å². The first-order valence-electron chi connectivity index (χ1n) is 11.9. The molecule has 3 aromatic rings. The molecule has 0 amide bonds. The Balaban J connectivity index is 1.82.